The third kappa shape index (κ3) is 7.19. The van der Waals surface area contributed by atoms with Gasteiger partial charge in [0.05, 0.1) is 47.7 Å². The van der Waals surface area contributed by atoms with Crippen molar-refractivity contribution in [3.05, 3.63) is 63.2 Å². The summed E-state index contributed by atoms with van der Waals surface area (Å²) >= 11 is 3.25. The van der Waals surface area contributed by atoms with E-state index in [9.17, 15) is 13.2 Å². The fourth-order valence-corrected chi connectivity index (χ4v) is 8.61. The standard InChI is InChI=1S/C32H33BrN2O11S2/c1-39-20-16-22(40-2)27-23(17-20)45-29(19-14-24(41-3)30(43-5)25(15-19)42-4)31(28(27)36)44-12-8-9-13-47-18-34-35-32(47)46-48(37,38)26-11-7-6-10-21(26)33/h6-7,10-11,14-18,47H,8-9,12-13H2,1-5H3. The van der Waals surface area contributed by atoms with E-state index >= 15 is 0 Å². The number of benzene rings is 3. The minimum atomic E-state index is -4.11. The van der Waals surface area contributed by atoms with E-state index in [1.165, 1.54) is 41.6 Å². The SMILES string of the molecule is COc1cc(OC)c2c(=O)c(OCCCC[SH]3C=NN=C3OS(=O)(=O)c3ccccc3Br)c(-c3cc(OC)c(OC)c(OC)c3)oc2c1. The number of halogens is 1. The van der Waals surface area contributed by atoms with Crippen LogP contribution in [0.3, 0.4) is 0 Å². The maximum absolute atomic E-state index is 14.0. The van der Waals surface area contributed by atoms with Crippen LogP contribution >= 0.6 is 26.8 Å². The molecule has 1 atom stereocenters. The highest BCUT2D eigenvalue weighted by Crippen LogP contribution is 2.44. The van der Waals surface area contributed by atoms with Crippen LogP contribution in [0, 0.1) is 0 Å². The minimum absolute atomic E-state index is 0.00450. The number of hydrogen-bond donors (Lipinski definition) is 1. The lowest BCUT2D eigenvalue weighted by molar-refractivity contribution is 0.301. The topological polar surface area (TPSA) is 154 Å². The first-order valence-corrected chi connectivity index (χ1v) is 18.2. The Morgan fingerprint density at radius 3 is 2.21 bits per heavy atom. The molecule has 3 aromatic carbocycles. The average Bonchev–Trinajstić information content (AvgIpc) is 3.53. The molecule has 0 fully saturated rings. The highest BCUT2D eigenvalue weighted by Gasteiger charge is 2.27. The van der Waals surface area contributed by atoms with Gasteiger partial charge < -0.3 is 37.0 Å². The van der Waals surface area contributed by atoms with Gasteiger partial charge in [0.15, 0.2) is 17.3 Å². The van der Waals surface area contributed by atoms with Crippen molar-refractivity contribution in [2.45, 2.75) is 17.7 Å². The molecule has 1 aromatic heterocycles. The van der Waals surface area contributed by atoms with Gasteiger partial charge in [0.1, 0.15) is 27.4 Å². The Morgan fingerprint density at radius 2 is 1.56 bits per heavy atom. The molecule has 256 valence electrons. The lowest BCUT2D eigenvalue weighted by Gasteiger charge is -2.17. The van der Waals surface area contributed by atoms with Crippen LogP contribution in [0.5, 0.6) is 34.5 Å². The summed E-state index contributed by atoms with van der Waals surface area (Å²) in [6.07, 6.45) is 1.09. The van der Waals surface area contributed by atoms with E-state index in [1.54, 1.807) is 48.0 Å². The van der Waals surface area contributed by atoms with Gasteiger partial charge in [-0.05, 0) is 58.8 Å². The number of thiol groups is 1. The zero-order chi connectivity index (χ0) is 34.4. The van der Waals surface area contributed by atoms with E-state index in [1.807, 2.05) is 0 Å². The summed E-state index contributed by atoms with van der Waals surface area (Å²) in [7, 11) is 2.08. The van der Waals surface area contributed by atoms with Gasteiger partial charge in [-0.3, -0.25) is 4.79 Å². The van der Waals surface area contributed by atoms with E-state index in [0.717, 1.165) is 0 Å². The number of nitrogens with zero attached hydrogens (tertiary/aromatic N) is 2. The van der Waals surface area contributed by atoms with Crippen LogP contribution in [0.4, 0.5) is 0 Å². The van der Waals surface area contributed by atoms with E-state index in [2.05, 4.69) is 26.1 Å². The molecule has 1 unspecified atom stereocenters. The predicted octanol–water partition coefficient (Wildman–Crippen LogP) is 6.14. The molecule has 1 aliphatic rings. The second-order valence-electron chi connectivity index (χ2n) is 10.0. The first-order chi connectivity index (χ1) is 23.1. The van der Waals surface area contributed by atoms with Crippen LogP contribution in [-0.2, 0) is 14.3 Å². The van der Waals surface area contributed by atoms with Gasteiger partial charge in [-0.1, -0.05) is 12.1 Å². The molecule has 16 heteroatoms. The van der Waals surface area contributed by atoms with Crippen LogP contribution in [0.1, 0.15) is 12.8 Å². The summed E-state index contributed by atoms with van der Waals surface area (Å²) < 4.78 is 71.4. The molecular weight excluding hydrogens is 732 g/mol. The first-order valence-electron chi connectivity index (χ1n) is 14.4. The van der Waals surface area contributed by atoms with Crippen molar-refractivity contribution >= 4 is 58.7 Å². The molecule has 5 rings (SSSR count). The molecule has 1 aliphatic heterocycles. The van der Waals surface area contributed by atoms with Crippen molar-refractivity contribution in [2.75, 3.05) is 47.9 Å². The summed E-state index contributed by atoms with van der Waals surface area (Å²) in [6, 6.07) is 12.9. The van der Waals surface area contributed by atoms with Gasteiger partial charge in [-0.2, -0.15) is 8.42 Å². The highest BCUT2D eigenvalue weighted by atomic mass is 79.9. The molecule has 0 aliphatic carbocycles. The van der Waals surface area contributed by atoms with Gasteiger partial charge in [0, 0.05) is 22.2 Å². The molecule has 13 nitrogen and oxygen atoms in total. The van der Waals surface area contributed by atoms with Gasteiger partial charge in [-0.15, -0.1) is 21.1 Å². The smallest absolute Gasteiger partial charge is 0.342 e. The first kappa shape index (κ1) is 34.9. The number of rotatable bonds is 14. The zero-order valence-corrected chi connectivity index (χ0v) is 29.9. The Bertz CT molecular complexity index is 2020. The van der Waals surface area contributed by atoms with Crippen LogP contribution in [-0.4, -0.2) is 67.1 Å². The third-order valence-corrected chi connectivity index (χ3v) is 11.4. The maximum Gasteiger partial charge on any atom is 0.342 e. The fourth-order valence-electron chi connectivity index (χ4n) is 4.87. The van der Waals surface area contributed by atoms with Gasteiger partial charge in [0.25, 0.3) is 5.23 Å². The molecule has 0 radical (unpaired) electrons. The maximum atomic E-state index is 14.0. The van der Waals surface area contributed by atoms with Crippen molar-refractivity contribution < 1.29 is 45.4 Å². The number of hydrogen-bond acceptors (Lipinski definition) is 13. The summed E-state index contributed by atoms with van der Waals surface area (Å²) in [4.78, 5) is 14.0. The largest absolute Gasteiger partial charge is 0.496 e. The Kier molecular flexibility index (Phi) is 11.1. The molecule has 4 aromatic rings. The quantitative estimate of drug-likeness (QED) is 0.0895. The van der Waals surface area contributed by atoms with E-state index < -0.39 is 26.4 Å². The molecule has 48 heavy (non-hydrogen) atoms. The van der Waals surface area contributed by atoms with E-state index in [4.69, 9.17) is 37.0 Å². The Balaban J connectivity index is 1.38. The molecule has 0 bridgehead atoms. The molecule has 0 N–H and O–H groups in total. The summed E-state index contributed by atoms with van der Waals surface area (Å²) in [5.74, 6) is 2.38. The van der Waals surface area contributed by atoms with Crippen LogP contribution in [0.2, 0.25) is 0 Å². The highest BCUT2D eigenvalue weighted by molar-refractivity contribution is 9.10. The van der Waals surface area contributed by atoms with Crippen LogP contribution in [0.25, 0.3) is 22.3 Å². The zero-order valence-electron chi connectivity index (χ0n) is 26.6. The number of methoxy groups -OCH3 is 5. The van der Waals surface area contributed by atoms with Crippen molar-refractivity contribution in [2.24, 2.45) is 10.2 Å². The lowest BCUT2D eigenvalue weighted by Crippen LogP contribution is -2.15. The fraction of sp³-hybridized carbons (Fsp3) is 0.281. The Hall–Kier alpha value is -4.41. The summed E-state index contributed by atoms with van der Waals surface area (Å²) in [5.41, 5.74) is 1.81. The normalized spacial score (nSPS) is 14.8. The number of fused-ring (bicyclic) bond motifs is 1. The number of unbranched alkanes of at least 4 members (excludes halogenated alkanes) is 1. The lowest BCUT2D eigenvalue weighted by atomic mass is 10.1. The van der Waals surface area contributed by atoms with Gasteiger partial charge in [-0.25, -0.2) is 0 Å². The minimum Gasteiger partial charge on any atom is -0.496 e. The van der Waals surface area contributed by atoms with Crippen molar-refractivity contribution in [1.82, 2.24) is 0 Å². The van der Waals surface area contributed by atoms with Gasteiger partial charge in [0.2, 0.25) is 16.9 Å². The molecule has 0 amide bonds. The van der Waals surface area contributed by atoms with E-state index in [0.29, 0.717) is 51.6 Å². The van der Waals surface area contributed by atoms with E-state index in [-0.39, 0.29) is 45.0 Å². The van der Waals surface area contributed by atoms with Gasteiger partial charge >= 0.3 is 10.1 Å². The number of ether oxygens (including phenoxy) is 6. The molecule has 0 saturated carbocycles. The second kappa shape index (κ2) is 15.2. The van der Waals surface area contributed by atoms with Crippen molar-refractivity contribution in [3.63, 3.8) is 0 Å². The monoisotopic (exact) mass is 764 g/mol. The average molecular weight is 766 g/mol. The predicted molar refractivity (Wildman–Crippen MR) is 188 cm³/mol. The Labute approximate surface area is 288 Å². The summed E-state index contributed by atoms with van der Waals surface area (Å²) in [6.45, 7) is 0.134. The Morgan fingerprint density at radius 1 is 0.854 bits per heavy atom. The second-order valence-corrected chi connectivity index (χ2v) is 14.4. The van der Waals surface area contributed by atoms with Crippen LogP contribution in [0.15, 0.2) is 77.3 Å². The molecule has 0 saturated heterocycles. The molecular formula is C32H33BrN2O11S2. The van der Waals surface area contributed by atoms with Crippen molar-refractivity contribution in [3.8, 4) is 45.8 Å². The van der Waals surface area contributed by atoms with Crippen molar-refractivity contribution in [1.29, 1.82) is 0 Å². The summed E-state index contributed by atoms with van der Waals surface area (Å²) in [5, 5.41) is 8.05. The molecule has 0 spiro atoms. The third-order valence-electron chi connectivity index (χ3n) is 7.18. The molecule has 2 heterocycles. The van der Waals surface area contributed by atoms with Crippen LogP contribution < -0.4 is 33.8 Å².